The summed E-state index contributed by atoms with van der Waals surface area (Å²) in [4.78, 5) is 9.44. The molecule has 0 heterocycles. The van der Waals surface area contributed by atoms with Gasteiger partial charge in [-0.05, 0) is 0 Å². The smallest absolute Gasteiger partial charge is 0.272 e. The third-order valence-electron chi connectivity index (χ3n) is 0.617. The van der Waals surface area contributed by atoms with Crippen molar-refractivity contribution in [1.82, 2.24) is 0 Å². The summed E-state index contributed by atoms with van der Waals surface area (Å²) in [7, 11) is 2.48. The summed E-state index contributed by atoms with van der Waals surface area (Å²) >= 11 is 0. The Hall–Kier alpha value is 1.77. The Balaban J connectivity index is -0.0000000651. The third-order valence-corrected chi connectivity index (χ3v) is 0.617. The molecule has 0 aliphatic carbocycles. The Labute approximate surface area is 139 Å². The zero-order chi connectivity index (χ0) is 9.98. The van der Waals surface area contributed by atoms with Gasteiger partial charge in [-0.1, -0.05) is 0 Å². The quantitative estimate of drug-likeness (QED) is 0.459. The molecule has 0 rings (SSSR count). The van der Waals surface area contributed by atoms with Crippen LogP contribution in [0.15, 0.2) is 0 Å². The van der Waals surface area contributed by atoms with Gasteiger partial charge in [0.05, 0.1) is 7.48 Å². The van der Waals surface area contributed by atoms with Crippen LogP contribution in [0.5, 0.6) is 0 Å². The van der Waals surface area contributed by atoms with Gasteiger partial charge in [-0.15, -0.1) is 0 Å². The van der Waals surface area contributed by atoms with Crippen LogP contribution in [0.4, 0.5) is 0 Å². The number of hydrogen-bond acceptors (Lipinski definition) is 3. The second-order valence-electron chi connectivity index (χ2n) is 2.63. The molecular weight excluding hydrogens is 332 g/mol. The molecule has 1 N–H and O–H groups in total. The SMILES string of the molecule is C[C-](C)[B]O.C[C-](C)[B]OC=O.[Y].[Y]. The molecular formula is C7H14B2O3Y2-2. The number of rotatable bonds is 4. The average molecular weight is 346 g/mol. The molecule has 0 aromatic rings. The van der Waals surface area contributed by atoms with E-state index in [1.54, 1.807) is 0 Å². The van der Waals surface area contributed by atoms with Crippen molar-refractivity contribution in [1.29, 1.82) is 0 Å². The second kappa shape index (κ2) is 20.2. The number of hydrogen-bond donors (Lipinski definition) is 1. The predicted octanol–water partition coefficient (Wildman–Crippen LogP) is 0.515. The van der Waals surface area contributed by atoms with Gasteiger partial charge >= 0.3 is 0 Å². The number of carbonyl (C=O) groups is 1. The van der Waals surface area contributed by atoms with Gasteiger partial charge in [-0.2, -0.15) is 27.7 Å². The second-order valence-corrected chi connectivity index (χ2v) is 2.63. The van der Waals surface area contributed by atoms with Crippen molar-refractivity contribution >= 4 is 21.4 Å². The van der Waals surface area contributed by atoms with Crippen molar-refractivity contribution in [2.24, 2.45) is 0 Å². The summed E-state index contributed by atoms with van der Waals surface area (Å²) in [5.41, 5.74) is 0. The minimum absolute atomic E-state index is 0. The predicted molar refractivity (Wildman–Crippen MR) is 50.1 cm³/mol. The molecule has 0 aromatic heterocycles. The van der Waals surface area contributed by atoms with E-state index in [0.717, 1.165) is 19.1 Å². The minimum atomic E-state index is 0. The normalized spacial score (nSPS) is 7.36. The van der Waals surface area contributed by atoms with Crippen molar-refractivity contribution in [3.05, 3.63) is 11.6 Å². The maximum absolute atomic E-state index is 9.44. The van der Waals surface area contributed by atoms with Crippen LogP contribution < -0.4 is 0 Å². The molecule has 0 saturated heterocycles. The van der Waals surface area contributed by atoms with Crippen LogP contribution in [0.1, 0.15) is 27.7 Å². The zero-order valence-corrected chi connectivity index (χ0v) is 14.8. The molecule has 0 saturated carbocycles. The molecule has 0 amide bonds. The van der Waals surface area contributed by atoms with Crippen LogP contribution in [-0.4, -0.2) is 26.5 Å². The Morgan fingerprint density at radius 1 is 1.14 bits per heavy atom. The van der Waals surface area contributed by atoms with Gasteiger partial charge in [0.2, 0.25) is 0 Å². The third kappa shape index (κ3) is 37.2. The van der Waals surface area contributed by atoms with Crippen LogP contribution in [0.25, 0.3) is 0 Å². The summed E-state index contributed by atoms with van der Waals surface area (Å²) < 4.78 is 4.25. The molecule has 74 valence electrons. The molecule has 0 aliphatic heterocycles. The number of carbonyl (C=O) groups excluding carboxylic acids is 1. The van der Waals surface area contributed by atoms with E-state index in [1.807, 2.05) is 27.7 Å². The largest absolute Gasteiger partial charge is 0.581 e. The molecule has 0 atom stereocenters. The van der Waals surface area contributed by atoms with Crippen LogP contribution in [0.2, 0.25) is 0 Å². The minimum Gasteiger partial charge on any atom is -0.581 e. The molecule has 14 heavy (non-hydrogen) atoms. The molecule has 3 nitrogen and oxygen atoms in total. The Morgan fingerprint density at radius 3 is 1.57 bits per heavy atom. The van der Waals surface area contributed by atoms with Gasteiger partial charge in [0.1, 0.15) is 0 Å². The van der Waals surface area contributed by atoms with E-state index >= 15 is 0 Å². The van der Waals surface area contributed by atoms with Crippen molar-refractivity contribution in [3.63, 3.8) is 0 Å². The van der Waals surface area contributed by atoms with Crippen LogP contribution >= 0.6 is 0 Å². The maximum atomic E-state index is 9.44. The van der Waals surface area contributed by atoms with Crippen LogP contribution in [0.3, 0.4) is 0 Å². The van der Waals surface area contributed by atoms with Crippen LogP contribution in [-0.2, 0) is 74.9 Å². The fraction of sp³-hybridized carbons (Fsp3) is 0.571. The van der Waals surface area contributed by atoms with E-state index in [-0.39, 0.29) is 65.4 Å². The topological polar surface area (TPSA) is 46.5 Å². The van der Waals surface area contributed by atoms with E-state index in [9.17, 15) is 4.79 Å². The molecule has 0 unspecified atom stereocenters. The van der Waals surface area contributed by atoms with Gasteiger partial charge in [0.15, 0.2) is 7.48 Å². The van der Waals surface area contributed by atoms with E-state index in [4.69, 9.17) is 5.02 Å². The molecule has 4 radical (unpaired) electrons. The molecule has 0 spiro atoms. The van der Waals surface area contributed by atoms with E-state index in [0.29, 0.717) is 6.47 Å². The molecule has 0 fully saturated rings. The van der Waals surface area contributed by atoms with Crippen molar-refractivity contribution in [2.45, 2.75) is 27.7 Å². The van der Waals surface area contributed by atoms with Gasteiger partial charge < -0.3 is 21.3 Å². The summed E-state index contributed by atoms with van der Waals surface area (Å²) in [6.45, 7) is 7.76. The summed E-state index contributed by atoms with van der Waals surface area (Å²) in [6.07, 6.45) is 0. The Morgan fingerprint density at radius 2 is 1.50 bits per heavy atom. The molecule has 0 aliphatic rings. The van der Waals surface area contributed by atoms with E-state index in [2.05, 4.69) is 4.65 Å². The van der Waals surface area contributed by atoms with Gasteiger partial charge in [0.25, 0.3) is 6.47 Å². The van der Waals surface area contributed by atoms with Gasteiger partial charge in [0, 0.05) is 65.4 Å². The van der Waals surface area contributed by atoms with E-state index < -0.39 is 0 Å². The van der Waals surface area contributed by atoms with Crippen molar-refractivity contribution < 1.29 is 79.9 Å². The molecule has 7 heteroatoms. The summed E-state index contributed by atoms with van der Waals surface area (Å²) in [6, 6.07) is 0. The standard InChI is InChI=1S/C4H7BO2.C3H7BO.2Y/c1-4(2)5-7-3-6;1-3(2)4-5;;/h3H,1-2H3;5H,1-2H3;;/q2*-1;;. The first-order valence-corrected chi connectivity index (χ1v) is 3.54. The average Bonchev–Trinajstić information content (AvgIpc) is 2.02. The first-order valence-electron chi connectivity index (χ1n) is 3.54. The van der Waals surface area contributed by atoms with Crippen molar-refractivity contribution in [3.8, 4) is 0 Å². The fourth-order valence-corrected chi connectivity index (χ4v) is 0.164. The van der Waals surface area contributed by atoms with Gasteiger partial charge in [-0.3, -0.25) is 4.79 Å². The monoisotopic (exact) mass is 346 g/mol. The maximum Gasteiger partial charge on any atom is 0.272 e. The summed E-state index contributed by atoms with van der Waals surface area (Å²) in [5.74, 6) is 1.91. The van der Waals surface area contributed by atoms with E-state index in [1.165, 1.54) is 7.48 Å². The van der Waals surface area contributed by atoms with Crippen molar-refractivity contribution in [2.75, 3.05) is 0 Å². The zero-order valence-electron chi connectivity index (χ0n) is 9.15. The Kier molecular flexibility index (Phi) is 35.9. The first-order chi connectivity index (χ1) is 5.54. The van der Waals surface area contributed by atoms with Crippen LogP contribution in [0, 0.1) is 11.6 Å². The molecule has 0 bridgehead atoms. The Bertz CT molecular complexity index is 105. The molecule has 0 aromatic carbocycles. The first kappa shape index (κ1) is 24.8. The summed E-state index contributed by atoms with van der Waals surface area (Å²) in [5, 5.41) is 7.98. The van der Waals surface area contributed by atoms with Gasteiger partial charge in [-0.25, -0.2) is 0 Å². The fourth-order valence-electron chi connectivity index (χ4n) is 0.164.